The number of aromatic amines is 1. The third kappa shape index (κ3) is 2.25. The second kappa shape index (κ2) is 4.84. The van der Waals surface area contributed by atoms with Crippen LogP contribution in [0.25, 0.3) is 11.1 Å². The number of hydrogen-bond donors (Lipinski definition) is 2. The smallest absolute Gasteiger partial charge is 0.336 e. The lowest BCUT2D eigenvalue weighted by Gasteiger charge is -2.09. The van der Waals surface area contributed by atoms with E-state index < -0.39 is 11.5 Å². The summed E-state index contributed by atoms with van der Waals surface area (Å²) in [5.41, 5.74) is 0.0141. The molecule has 0 fully saturated rings. The van der Waals surface area contributed by atoms with Crippen LogP contribution in [0.3, 0.4) is 0 Å². The molecule has 0 saturated carbocycles. The molecule has 2 aromatic rings. The molecule has 2 N–H and O–H groups in total. The van der Waals surface area contributed by atoms with Crippen molar-refractivity contribution in [3.8, 4) is 11.1 Å². The lowest BCUT2D eigenvalue weighted by molar-refractivity contribution is 0.0697. The topological polar surface area (TPSA) is 70.2 Å². The molecule has 0 aliphatic heterocycles. The number of aromatic nitrogens is 1. The quantitative estimate of drug-likeness (QED) is 0.890. The predicted octanol–water partition coefficient (Wildman–Crippen LogP) is 3.05. The van der Waals surface area contributed by atoms with E-state index in [1.54, 1.807) is 18.2 Å². The van der Waals surface area contributed by atoms with E-state index in [4.69, 9.17) is 28.3 Å². The van der Waals surface area contributed by atoms with Crippen LogP contribution in [0.2, 0.25) is 10.0 Å². The summed E-state index contributed by atoms with van der Waals surface area (Å²) in [4.78, 5) is 24.7. The molecule has 0 aliphatic carbocycles. The Morgan fingerprint density at radius 2 is 1.83 bits per heavy atom. The van der Waals surface area contributed by atoms with Crippen molar-refractivity contribution < 1.29 is 9.90 Å². The fourth-order valence-corrected chi connectivity index (χ4v) is 2.21. The molecule has 92 valence electrons. The zero-order valence-electron chi connectivity index (χ0n) is 8.91. The third-order valence-electron chi connectivity index (χ3n) is 2.39. The maximum atomic E-state index is 11.2. The van der Waals surface area contributed by atoms with E-state index in [0.29, 0.717) is 15.6 Å². The van der Waals surface area contributed by atoms with Crippen molar-refractivity contribution >= 4 is 29.2 Å². The van der Waals surface area contributed by atoms with Gasteiger partial charge in [0.25, 0.3) is 0 Å². The molecular formula is C12H7Cl2NO3. The number of pyridine rings is 1. The van der Waals surface area contributed by atoms with Crippen molar-refractivity contribution in [2.45, 2.75) is 0 Å². The van der Waals surface area contributed by atoms with Gasteiger partial charge in [-0.1, -0.05) is 29.3 Å². The Kier molecular flexibility index (Phi) is 3.41. The summed E-state index contributed by atoms with van der Waals surface area (Å²) >= 11 is 12.0. The summed E-state index contributed by atoms with van der Waals surface area (Å²) in [5, 5.41) is 9.73. The highest BCUT2D eigenvalue weighted by Crippen LogP contribution is 2.35. The number of halogens is 2. The number of carboxylic acids is 1. The Bertz CT molecular complexity index is 659. The van der Waals surface area contributed by atoms with Crippen LogP contribution in [0, 0.1) is 0 Å². The van der Waals surface area contributed by atoms with Crippen molar-refractivity contribution in [1.29, 1.82) is 0 Å². The van der Waals surface area contributed by atoms with Gasteiger partial charge >= 0.3 is 5.97 Å². The molecule has 0 bridgehead atoms. The molecule has 1 heterocycles. The maximum Gasteiger partial charge on any atom is 0.336 e. The van der Waals surface area contributed by atoms with Gasteiger partial charge in [-0.2, -0.15) is 0 Å². The van der Waals surface area contributed by atoms with Crippen molar-refractivity contribution in [1.82, 2.24) is 4.98 Å². The lowest BCUT2D eigenvalue weighted by atomic mass is 10.0. The van der Waals surface area contributed by atoms with E-state index in [9.17, 15) is 9.59 Å². The Labute approximate surface area is 112 Å². The lowest BCUT2D eigenvalue weighted by Crippen LogP contribution is -2.10. The molecule has 0 spiro atoms. The molecule has 6 heteroatoms. The highest BCUT2D eigenvalue weighted by Gasteiger charge is 2.17. The van der Waals surface area contributed by atoms with Gasteiger partial charge in [0.2, 0.25) is 5.56 Å². The van der Waals surface area contributed by atoms with E-state index >= 15 is 0 Å². The van der Waals surface area contributed by atoms with E-state index in [1.807, 2.05) is 0 Å². The first kappa shape index (κ1) is 12.7. The zero-order chi connectivity index (χ0) is 13.3. The average Bonchev–Trinajstić information content (AvgIpc) is 2.30. The van der Waals surface area contributed by atoms with E-state index in [1.165, 1.54) is 6.20 Å². The van der Waals surface area contributed by atoms with Gasteiger partial charge in [0.05, 0.1) is 5.56 Å². The number of carbonyl (C=O) groups is 1. The van der Waals surface area contributed by atoms with Gasteiger partial charge in [-0.25, -0.2) is 4.79 Å². The van der Waals surface area contributed by atoms with Crippen LogP contribution in [0.15, 0.2) is 35.3 Å². The highest BCUT2D eigenvalue weighted by molar-refractivity contribution is 6.39. The Morgan fingerprint density at radius 1 is 1.22 bits per heavy atom. The van der Waals surface area contributed by atoms with Crippen molar-refractivity contribution in [2.24, 2.45) is 0 Å². The number of aromatic carboxylic acids is 1. The van der Waals surface area contributed by atoms with Crippen molar-refractivity contribution in [3.63, 3.8) is 0 Å². The maximum absolute atomic E-state index is 11.2. The Balaban J connectivity index is 2.79. The molecule has 1 aromatic heterocycles. The predicted molar refractivity (Wildman–Crippen MR) is 69.5 cm³/mol. The van der Waals surface area contributed by atoms with E-state index in [0.717, 1.165) is 6.07 Å². The number of rotatable bonds is 2. The van der Waals surface area contributed by atoms with Crippen LogP contribution in [-0.2, 0) is 0 Å². The van der Waals surface area contributed by atoms with Gasteiger partial charge in [-0.3, -0.25) is 4.79 Å². The van der Waals surface area contributed by atoms with Crippen molar-refractivity contribution in [2.75, 3.05) is 0 Å². The van der Waals surface area contributed by atoms with E-state index in [2.05, 4.69) is 4.98 Å². The molecular weight excluding hydrogens is 277 g/mol. The summed E-state index contributed by atoms with van der Waals surface area (Å²) < 4.78 is 0. The van der Waals surface area contributed by atoms with Gasteiger partial charge in [-0.05, 0) is 12.1 Å². The van der Waals surface area contributed by atoms with Gasteiger partial charge in [0.1, 0.15) is 0 Å². The minimum Gasteiger partial charge on any atom is -0.478 e. The zero-order valence-corrected chi connectivity index (χ0v) is 10.4. The van der Waals surface area contributed by atoms with Crippen LogP contribution in [-0.4, -0.2) is 16.1 Å². The van der Waals surface area contributed by atoms with E-state index in [-0.39, 0.29) is 11.1 Å². The first-order chi connectivity index (χ1) is 8.50. The molecule has 4 nitrogen and oxygen atoms in total. The number of carboxylic acid groups (broad SMARTS) is 1. The molecule has 18 heavy (non-hydrogen) atoms. The fraction of sp³-hybridized carbons (Fsp3) is 0. The largest absolute Gasteiger partial charge is 0.478 e. The van der Waals surface area contributed by atoms with Crippen LogP contribution in [0.5, 0.6) is 0 Å². The summed E-state index contributed by atoms with van der Waals surface area (Å²) in [6.45, 7) is 0. The third-order valence-corrected chi connectivity index (χ3v) is 3.02. The second-order valence-electron chi connectivity index (χ2n) is 3.53. The van der Waals surface area contributed by atoms with Gasteiger partial charge in [0.15, 0.2) is 0 Å². The van der Waals surface area contributed by atoms with Crippen LogP contribution in [0.4, 0.5) is 0 Å². The standard InChI is InChI=1S/C12H7Cl2NO3/c13-8-2-1-3-9(14)11(8)7-5-15-10(16)4-6(7)12(17)18/h1-5H,(H,15,16)(H,17,18). The number of hydrogen-bond acceptors (Lipinski definition) is 2. The molecule has 0 amide bonds. The molecule has 0 aliphatic rings. The van der Waals surface area contributed by atoms with Crippen LogP contribution in [0.1, 0.15) is 10.4 Å². The SMILES string of the molecule is O=C(O)c1cc(=O)[nH]cc1-c1c(Cl)cccc1Cl. The van der Waals surface area contributed by atoms with Crippen molar-refractivity contribution in [3.05, 3.63) is 56.4 Å². The van der Waals surface area contributed by atoms with Crippen LogP contribution < -0.4 is 5.56 Å². The molecule has 0 atom stereocenters. The highest BCUT2D eigenvalue weighted by atomic mass is 35.5. The number of nitrogens with one attached hydrogen (secondary N) is 1. The first-order valence-electron chi connectivity index (χ1n) is 4.91. The number of benzene rings is 1. The van der Waals surface area contributed by atoms with Gasteiger partial charge < -0.3 is 10.1 Å². The summed E-state index contributed by atoms with van der Waals surface area (Å²) in [7, 11) is 0. The molecule has 0 unspecified atom stereocenters. The molecule has 0 saturated heterocycles. The summed E-state index contributed by atoms with van der Waals surface area (Å²) in [6, 6.07) is 5.84. The monoisotopic (exact) mass is 283 g/mol. The van der Waals surface area contributed by atoms with Crippen LogP contribution >= 0.6 is 23.2 Å². The molecule has 1 aromatic carbocycles. The minimum atomic E-state index is -1.22. The Hall–Kier alpha value is -1.78. The molecule has 0 radical (unpaired) electrons. The minimum absolute atomic E-state index is 0.145. The normalized spacial score (nSPS) is 10.3. The Morgan fingerprint density at radius 3 is 2.39 bits per heavy atom. The number of H-pyrrole nitrogens is 1. The average molecular weight is 284 g/mol. The molecule has 2 rings (SSSR count). The summed E-state index contributed by atoms with van der Waals surface area (Å²) in [6.07, 6.45) is 1.29. The summed E-state index contributed by atoms with van der Waals surface area (Å²) in [5.74, 6) is -1.22. The fourth-order valence-electron chi connectivity index (χ4n) is 1.61. The second-order valence-corrected chi connectivity index (χ2v) is 4.34. The van der Waals surface area contributed by atoms with Gasteiger partial charge in [-0.15, -0.1) is 0 Å². The first-order valence-corrected chi connectivity index (χ1v) is 5.66. The van der Waals surface area contributed by atoms with Gasteiger partial charge in [0, 0.05) is 33.4 Å².